The highest BCUT2D eigenvalue weighted by Crippen LogP contribution is 2.34. The third kappa shape index (κ3) is 2.27. The molecule has 1 rings (SSSR count). The molecule has 0 heterocycles. The molecule has 3 nitrogen and oxygen atoms in total. The van der Waals surface area contributed by atoms with Gasteiger partial charge < -0.3 is 0 Å². The van der Waals surface area contributed by atoms with Gasteiger partial charge in [-0.1, -0.05) is 34.8 Å². The Morgan fingerprint density at radius 2 is 1.77 bits per heavy atom. The van der Waals surface area contributed by atoms with Crippen molar-refractivity contribution in [2.45, 2.75) is 4.90 Å². The van der Waals surface area contributed by atoms with Gasteiger partial charge in [-0.25, -0.2) is 0 Å². The lowest BCUT2D eigenvalue weighted by Gasteiger charge is -2.02. The summed E-state index contributed by atoms with van der Waals surface area (Å²) >= 11 is 16.5. The smallest absolute Gasteiger partial charge is 0.282 e. The lowest BCUT2D eigenvalue weighted by atomic mass is 10.4. The molecule has 1 N–H and O–H groups in total. The van der Waals surface area contributed by atoms with Crippen LogP contribution in [0.5, 0.6) is 0 Å². The molecule has 0 aliphatic rings. The second-order valence-electron chi connectivity index (χ2n) is 2.07. The number of hydrogen-bond acceptors (Lipinski definition) is 2. The fraction of sp³-hybridized carbons (Fsp3) is 0. The Balaban J connectivity index is 3.53. The highest BCUT2D eigenvalue weighted by atomic mass is 35.5. The predicted molar refractivity (Wildman–Crippen MR) is 50.1 cm³/mol. The molecule has 0 bridgehead atoms. The van der Waals surface area contributed by atoms with Crippen molar-refractivity contribution in [3.05, 3.63) is 27.2 Å². The molecule has 0 aliphatic heterocycles. The maximum absolute atomic E-state index is 10.7. The van der Waals surface area contributed by atoms with Gasteiger partial charge in [0, 0.05) is 6.07 Å². The predicted octanol–water partition coefficient (Wildman–Crippen LogP) is 2.69. The lowest BCUT2D eigenvalue weighted by molar-refractivity contribution is 0.483. The Kier molecular flexibility index (Phi) is 3.09. The second kappa shape index (κ2) is 3.63. The molecule has 7 heteroatoms. The summed E-state index contributed by atoms with van der Waals surface area (Å²) in [4.78, 5) is -0.580. The first-order valence-corrected chi connectivity index (χ1v) is 5.44. The molecule has 71 valence electrons. The monoisotopic (exact) mass is 259 g/mol. The third-order valence-corrected chi connectivity index (χ3v) is 3.40. The van der Waals surface area contributed by atoms with Crippen molar-refractivity contribution >= 4 is 44.9 Å². The maximum atomic E-state index is 10.7. The summed E-state index contributed by atoms with van der Waals surface area (Å²) in [5, 5.41) is -0.398. The molecule has 0 spiro atoms. The molecule has 0 saturated carbocycles. The van der Waals surface area contributed by atoms with Crippen LogP contribution >= 0.6 is 34.8 Å². The van der Waals surface area contributed by atoms with E-state index in [4.69, 9.17) is 39.4 Å². The molecule has 1 radical (unpaired) electrons. The topological polar surface area (TPSA) is 54.4 Å². The molecule has 1 aromatic carbocycles. The van der Waals surface area contributed by atoms with E-state index in [1.807, 2.05) is 0 Å². The minimum Gasteiger partial charge on any atom is -0.282 e. The van der Waals surface area contributed by atoms with Crippen LogP contribution in [0, 0.1) is 6.07 Å². The van der Waals surface area contributed by atoms with Gasteiger partial charge in [-0.3, -0.25) is 4.55 Å². The van der Waals surface area contributed by atoms with Gasteiger partial charge in [0.25, 0.3) is 10.1 Å². The number of benzene rings is 1. The first-order valence-electron chi connectivity index (χ1n) is 2.86. The molecular weight excluding hydrogens is 258 g/mol. The molecule has 0 unspecified atom stereocenters. The highest BCUT2D eigenvalue weighted by molar-refractivity contribution is 7.86. The van der Waals surface area contributed by atoms with Gasteiger partial charge >= 0.3 is 0 Å². The Bertz CT molecular complexity index is 441. The van der Waals surface area contributed by atoms with Crippen LogP contribution in [-0.4, -0.2) is 13.0 Å². The van der Waals surface area contributed by atoms with Crippen molar-refractivity contribution in [1.29, 1.82) is 0 Å². The number of rotatable bonds is 1. The summed E-state index contributed by atoms with van der Waals surface area (Å²) in [5.74, 6) is 0. The Morgan fingerprint density at radius 3 is 2.23 bits per heavy atom. The molecule has 0 aromatic heterocycles. The van der Waals surface area contributed by atoms with E-state index in [-0.39, 0.29) is 15.1 Å². The Hall–Kier alpha value is -0.000000000000000167. The summed E-state index contributed by atoms with van der Waals surface area (Å²) in [6.45, 7) is 0. The Morgan fingerprint density at radius 1 is 1.23 bits per heavy atom. The first-order chi connectivity index (χ1) is 5.84. The van der Waals surface area contributed by atoms with Crippen LogP contribution in [0.4, 0.5) is 0 Å². The molecule has 0 fully saturated rings. The molecule has 0 saturated heterocycles. The van der Waals surface area contributed by atoms with Gasteiger partial charge in [-0.15, -0.1) is 0 Å². The van der Waals surface area contributed by atoms with E-state index >= 15 is 0 Å². The molecule has 1 aromatic rings. The first kappa shape index (κ1) is 11.1. The fourth-order valence-corrected chi connectivity index (χ4v) is 2.04. The summed E-state index contributed by atoms with van der Waals surface area (Å²) in [6.07, 6.45) is 0. The van der Waals surface area contributed by atoms with Crippen LogP contribution in [0.3, 0.4) is 0 Å². The Labute approximate surface area is 90.0 Å². The van der Waals surface area contributed by atoms with Gasteiger partial charge in [-0.05, 0) is 6.07 Å². The summed E-state index contributed by atoms with van der Waals surface area (Å²) in [5.41, 5.74) is 0. The lowest BCUT2D eigenvalue weighted by Crippen LogP contribution is -1.99. The van der Waals surface area contributed by atoms with Crippen molar-refractivity contribution in [2.24, 2.45) is 0 Å². The third-order valence-electron chi connectivity index (χ3n) is 1.19. The van der Waals surface area contributed by atoms with Crippen LogP contribution in [0.2, 0.25) is 15.1 Å². The van der Waals surface area contributed by atoms with Gasteiger partial charge in [0.05, 0.1) is 15.1 Å². The van der Waals surface area contributed by atoms with E-state index in [0.29, 0.717) is 0 Å². The van der Waals surface area contributed by atoms with E-state index < -0.39 is 15.0 Å². The zero-order valence-corrected chi connectivity index (χ0v) is 8.97. The van der Waals surface area contributed by atoms with Gasteiger partial charge in [-0.2, -0.15) is 8.42 Å². The van der Waals surface area contributed by atoms with Gasteiger partial charge in [0.2, 0.25) is 0 Å². The van der Waals surface area contributed by atoms with Crippen molar-refractivity contribution in [2.75, 3.05) is 0 Å². The van der Waals surface area contributed by atoms with Crippen molar-refractivity contribution in [1.82, 2.24) is 0 Å². The molecule has 0 aliphatic carbocycles. The minimum absolute atomic E-state index is 0.0686. The van der Waals surface area contributed by atoms with Crippen molar-refractivity contribution in [3.63, 3.8) is 0 Å². The second-order valence-corrected chi connectivity index (χ2v) is 4.59. The van der Waals surface area contributed by atoms with E-state index in [1.165, 1.54) is 0 Å². The average Bonchev–Trinajstić information content (AvgIpc) is 1.98. The van der Waals surface area contributed by atoms with Crippen LogP contribution < -0.4 is 0 Å². The summed E-state index contributed by atoms with van der Waals surface area (Å²) in [7, 11) is -4.40. The largest absolute Gasteiger partial charge is 0.296 e. The standard InChI is InChI=1S/C6H2Cl3O3S/c7-3-1-2-4(13(10,11)12)6(9)5(3)8/h1H,(H,10,11,12). The van der Waals surface area contributed by atoms with Crippen molar-refractivity contribution in [3.8, 4) is 0 Å². The summed E-state index contributed by atoms with van der Waals surface area (Å²) < 4.78 is 30.0. The number of hydrogen-bond donors (Lipinski definition) is 1. The van der Waals surface area contributed by atoms with Crippen LogP contribution in [0.15, 0.2) is 11.0 Å². The quantitative estimate of drug-likeness (QED) is 0.624. The van der Waals surface area contributed by atoms with Crippen LogP contribution in [-0.2, 0) is 10.1 Å². The molecular formula is C6H2Cl3O3S. The number of halogens is 3. The van der Waals surface area contributed by atoms with E-state index in [9.17, 15) is 8.42 Å². The van der Waals surface area contributed by atoms with Gasteiger partial charge in [0.1, 0.15) is 4.90 Å². The normalized spacial score (nSPS) is 11.7. The molecule has 0 amide bonds. The fourth-order valence-electron chi connectivity index (χ4n) is 0.648. The van der Waals surface area contributed by atoms with Crippen LogP contribution in [0.1, 0.15) is 0 Å². The summed E-state index contributed by atoms with van der Waals surface area (Å²) in [6, 6.07) is 3.31. The van der Waals surface area contributed by atoms with E-state index in [2.05, 4.69) is 6.07 Å². The van der Waals surface area contributed by atoms with E-state index in [0.717, 1.165) is 6.07 Å². The highest BCUT2D eigenvalue weighted by Gasteiger charge is 2.18. The van der Waals surface area contributed by atoms with Crippen molar-refractivity contribution < 1.29 is 13.0 Å². The SMILES string of the molecule is O=S(=O)(O)c1[c]cc(Cl)c(Cl)c1Cl. The average molecular weight is 261 g/mol. The zero-order valence-electron chi connectivity index (χ0n) is 5.88. The molecule has 13 heavy (non-hydrogen) atoms. The molecule has 0 atom stereocenters. The van der Waals surface area contributed by atoms with Gasteiger partial charge in [0.15, 0.2) is 0 Å². The zero-order chi connectivity index (χ0) is 10.2. The van der Waals surface area contributed by atoms with Crippen LogP contribution in [0.25, 0.3) is 0 Å². The van der Waals surface area contributed by atoms with E-state index in [1.54, 1.807) is 0 Å². The maximum Gasteiger partial charge on any atom is 0.296 e. The minimum atomic E-state index is -4.40.